The van der Waals surface area contributed by atoms with Gasteiger partial charge in [0.15, 0.2) is 0 Å². The molecule has 1 aliphatic carbocycles. The number of fused-ring (bicyclic) bond motifs is 3. The molecule has 0 saturated carbocycles. The fourth-order valence-electron chi connectivity index (χ4n) is 4.49. The van der Waals surface area contributed by atoms with Gasteiger partial charge in [-0.25, -0.2) is 4.79 Å². The Morgan fingerprint density at radius 1 is 1.03 bits per heavy atom. The van der Waals surface area contributed by atoms with Crippen LogP contribution in [0.25, 0.3) is 11.1 Å². The normalized spacial score (nSPS) is 13.5. The number of nitrogens with one attached hydrogen (secondary N) is 2. The fraction of sp³-hybridized carbons (Fsp3) is 0.444. The largest absolute Gasteiger partial charge is 0.481 e. The molecule has 7 nitrogen and oxygen atoms in total. The van der Waals surface area contributed by atoms with Crippen LogP contribution in [-0.2, 0) is 14.3 Å². The second-order valence-corrected chi connectivity index (χ2v) is 9.67. The molecule has 0 spiro atoms. The molecule has 0 heterocycles. The second kappa shape index (κ2) is 11.2. The number of benzene rings is 2. The monoisotopic (exact) mass is 466 g/mol. The van der Waals surface area contributed by atoms with Crippen molar-refractivity contribution in [3.05, 3.63) is 59.7 Å². The highest BCUT2D eigenvalue weighted by Gasteiger charge is 2.29. The summed E-state index contributed by atoms with van der Waals surface area (Å²) in [6, 6.07) is 15.9. The van der Waals surface area contributed by atoms with Gasteiger partial charge < -0.3 is 20.5 Å². The number of carbonyl (C=O) groups excluding carboxylic acids is 2. The molecule has 0 aliphatic heterocycles. The lowest BCUT2D eigenvalue weighted by molar-refractivity contribution is -0.139. The Morgan fingerprint density at radius 2 is 1.62 bits per heavy atom. The summed E-state index contributed by atoms with van der Waals surface area (Å²) in [7, 11) is 0. The molecule has 7 heteroatoms. The summed E-state index contributed by atoms with van der Waals surface area (Å²) in [5.74, 6) is -1.15. The van der Waals surface area contributed by atoms with Crippen LogP contribution >= 0.6 is 0 Å². The first-order valence-electron chi connectivity index (χ1n) is 11.8. The lowest BCUT2D eigenvalue weighted by Gasteiger charge is -2.24. The molecule has 0 bridgehead atoms. The minimum atomic E-state index is -0.903. The summed E-state index contributed by atoms with van der Waals surface area (Å²) in [4.78, 5) is 36.0. The molecule has 1 atom stereocenters. The standard InChI is InChI=1S/C27H34N2O5/c1-4-9-18(14-24(30)28-17-27(2,3)15-25(31)32)29-26(33)34-16-23-21-12-7-5-10-19(21)20-11-6-8-13-22(20)23/h5-8,10-13,18,23H,4,9,14-17H2,1-3H3,(H,28,30)(H,29,33)(H,31,32)/t18-/m1/s1. The molecule has 0 unspecified atom stereocenters. The maximum absolute atomic E-state index is 12.6. The molecule has 1 aliphatic rings. The summed E-state index contributed by atoms with van der Waals surface area (Å²) in [5.41, 5.74) is 4.06. The zero-order valence-corrected chi connectivity index (χ0v) is 20.1. The van der Waals surface area contributed by atoms with Crippen molar-refractivity contribution in [2.24, 2.45) is 5.41 Å². The molecule has 3 N–H and O–H groups in total. The first-order valence-corrected chi connectivity index (χ1v) is 11.8. The molecule has 0 aromatic heterocycles. The maximum atomic E-state index is 12.6. The number of amides is 2. The maximum Gasteiger partial charge on any atom is 0.407 e. The Hall–Kier alpha value is -3.35. The van der Waals surface area contributed by atoms with E-state index < -0.39 is 17.5 Å². The van der Waals surface area contributed by atoms with Crippen molar-refractivity contribution in [1.82, 2.24) is 10.6 Å². The van der Waals surface area contributed by atoms with Gasteiger partial charge in [0, 0.05) is 24.9 Å². The van der Waals surface area contributed by atoms with Gasteiger partial charge in [-0.1, -0.05) is 75.7 Å². The van der Waals surface area contributed by atoms with Gasteiger partial charge in [-0.05, 0) is 34.1 Å². The molecule has 182 valence electrons. The molecule has 3 rings (SSSR count). The molecule has 0 radical (unpaired) electrons. The van der Waals surface area contributed by atoms with Crippen LogP contribution in [0.15, 0.2) is 48.5 Å². The Labute approximate surface area is 200 Å². The van der Waals surface area contributed by atoms with E-state index in [1.54, 1.807) is 13.8 Å². The fourth-order valence-corrected chi connectivity index (χ4v) is 4.49. The average Bonchev–Trinajstić information content (AvgIpc) is 3.09. The van der Waals surface area contributed by atoms with Gasteiger partial charge in [-0.2, -0.15) is 0 Å². The van der Waals surface area contributed by atoms with E-state index in [0.717, 1.165) is 17.5 Å². The summed E-state index contributed by atoms with van der Waals surface area (Å²) in [5, 5.41) is 14.6. The third-order valence-electron chi connectivity index (χ3n) is 6.13. The summed E-state index contributed by atoms with van der Waals surface area (Å²) in [6.45, 7) is 6.04. The van der Waals surface area contributed by atoms with Crippen molar-refractivity contribution in [3.8, 4) is 11.1 Å². The van der Waals surface area contributed by atoms with Gasteiger partial charge in [0.2, 0.25) is 5.91 Å². The first-order chi connectivity index (χ1) is 16.2. The van der Waals surface area contributed by atoms with Crippen LogP contribution in [0.3, 0.4) is 0 Å². The number of rotatable bonds is 11. The van der Waals surface area contributed by atoms with E-state index >= 15 is 0 Å². The van der Waals surface area contributed by atoms with Gasteiger partial charge in [0.05, 0.1) is 6.42 Å². The first kappa shape index (κ1) is 25.3. The molecule has 0 fully saturated rings. The van der Waals surface area contributed by atoms with Crippen LogP contribution in [-0.4, -0.2) is 42.3 Å². The van der Waals surface area contributed by atoms with E-state index in [2.05, 4.69) is 34.9 Å². The van der Waals surface area contributed by atoms with Crippen LogP contribution in [0.5, 0.6) is 0 Å². The third-order valence-corrected chi connectivity index (χ3v) is 6.13. The Balaban J connectivity index is 1.54. The number of carbonyl (C=O) groups is 3. The highest BCUT2D eigenvalue weighted by molar-refractivity contribution is 5.79. The number of carboxylic acids is 1. The SMILES string of the molecule is CCC[C@H](CC(=O)NCC(C)(C)CC(=O)O)NC(=O)OCC1c2ccccc2-c2ccccc21. The predicted octanol–water partition coefficient (Wildman–Crippen LogP) is 4.70. The number of hydrogen-bond donors (Lipinski definition) is 3. The van der Waals surface area contributed by atoms with Crippen LogP contribution in [0, 0.1) is 5.41 Å². The topological polar surface area (TPSA) is 105 Å². The van der Waals surface area contributed by atoms with Gasteiger partial charge in [0.1, 0.15) is 6.61 Å². The Morgan fingerprint density at radius 3 is 2.18 bits per heavy atom. The molecule has 34 heavy (non-hydrogen) atoms. The predicted molar refractivity (Wildman–Crippen MR) is 131 cm³/mol. The van der Waals surface area contributed by atoms with Crippen molar-refractivity contribution >= 4 is 18.0 Å². The van der Waals surface area contributed by atoms with Crippen molar-refractivity contribution < 1.29 is 24.2 Å². The van der Waals surface area contributed by atoms with E-state index in [4.69, 9.17) is 9.84 Å². The van der Waals surface area contributed by atoms with Crippen LogP contribution in [0.1, 0.15) is 63.5 Å². The van der Waals surface area contributed by atoms with Crippen LogP contribution in [0.4, 0.5) is 4.79 Å². The molecule has 2 amide bonds. The smallest absolute Gasteiger partial charge is 0.407 e. The molecule has 2 aromatic rings. The van der Waals surface area contributed by atoms with Crippen molar-refractivity contribution in [2.75, 3.05) is 13.2 Å². The number of alkyl carbamates (subject to hydrolysis) is 1. The quantitative estimate of drug-likeness (QED) is 0.445. The minimum absolute atomic E-state index is 0.0254. The Kier molecular flexibility index (Phi) is 8.31. The van der Waals surface area contributed by atoms with E-state index in [9.17, 15) is 14.4 Å². The molecular weight excluding hydrogens is 432 g/mol. The summed E-state index contributed by atoms with van der Waals surface area (Å²) in [6.07, 6.45) is 0.965. The zero-order chi connectivity index (χ0) is 24.7. The van der Waals surface area contributed by atoms with E-state index in [1.165, 1.54) is 11.1 Å². The number of ether oxygens (including phenoxy) is 1. The van der Waals surface area contributed by atoms with Gasteiger partial charge in [0.25, 0.3) is 0 Å². The van der Waals surface area contributed by atoms with Gasteiger partial charge in [-0.15, -0.1) is 0 Å². The van der Waals surface area contributed by atoms with Crippen molar-refractivity contribution in [3.63, 3.8) is 0 Å². The summed E-state index contributed by atoms with van der Waals surface area (Å²) < 4.78 is 5.61. The van der Waals surface area contributed by atoms with E-state index in [1.807, 2.05) is 31.2 Å². The van der Waals surface area contributed by atoms with Crippen molar-refractivity contribution in [2.45, 2.75) is 58.4 Å². The average molecular weight is 467 g/mol. The van der Waals surface area contributed by atoms with E-state index in [-0.39, 0.29) is 43.9 Å². The van der Waals surface area contributed by atoms with Crippen molar-refractivity contribution in [1.29, 1.82) is 0 Å². The second-order valence-electron chi connectivity index (χ2n) is 9.67. The Bertz CT molecular complexity index is 988. The van der Waals surface area contributed by atoms with E-state index in [0.29, 0.717) is 6.42 Å². The highest BCUT2D eigenvalue weighted by atomic mass is 16.5. The highest BCUT2D eigenvalue weighted by Crippen LogP contribution is 2.44. The lowest BCUT2D eigenvalue weighted by atomic mass is 9.89. The zero-order valence-electron chi connectivity index (χ0n) is 20.1. The third kappa shape index (κ3) is 6.59. The minimum Gasteiger partial charge on any atom is -0.481 e. The number of carboxylic acid groups (broad SMARTS) is 1. The molecule has 2 aromatic carbocycles. The molecular formula is C27H34N2O5. The van der Waals surface area contributed by atoms with Gasteiger partial charge >= 0.3 is 12.1 Å². The van der Waals surface area contributed by atoms with Crippen LogP contribution < -0.4 is 10.6 Å². The number of hydrogen-bond acceptors (Lipinski definition) is 4. The molecule has 0 saturated heterocycles. The van der Waals surface area contributed by atoms with Crippen LogP contribution in [0.2, 0.25) is 0 Å². The lowest BCUT2D eigenvalue weighted by Crippen LogP contribution is -2.42. The summed E-state index contributed by atoms with van der Waals surface area (Å²) >= 11 is 0. The number of aliphatic carboxylic acids is 1. The van der Waals surface area contributed by atoms with Gasteiger partial charge in [-0.3, -0.25) is 9.59 Å².